The summed E-state index contributed by atoms with van der Waals surface area (Å²) in [6.45, 7) is 6.74. The highest BCUT2D eigenvalue weighted by molar-refractivity contribution is 5.91. The fourth-order valence-electron chi connectivity index (χ4n) is 4.51. The Morgan fingerprint density at radius 1 is 0.800 bits per heavy atom. The molecule has 0 heterocycles. The van der Waals surface area contributed by atoms with E-state index in [0.29, 0.717) is 37.5 Å². The third-order valence-electron chi connectivity index (χ3n) is 6.99. The van der Waals surface area contributed by atoms with Gasteiger partial charge in [-0.2, -0.15) is 0 Å². The largest absolute Gasteiger partial charge is 0.508 e. The molecule has 45 heavy (non-hydrogen) atoms. The third kappa shape index (κ3) is 20.0. The summed E-state index contributed by atoms with van der Waals surface area (Å²) >= 11 is 0. The summed E-state index contributed by atoms with van der Waals surface area (Å²) < 4.78 is 0. The molecule has 0 unspecified atom stereocenters. The number of nitrogens with one attached hydrogen (secondary N) is 4. The number of primary amides is 1. The van der Waals surface area contributed by atoms with Crippen LogP contribution >= 0.6 is 0 Å². The number of aromatic hydroxyl groups is 2. The average molecular weight is 635 g/mol. The van der Waals surface area contributed by atoms with E-state index >= 15 is 0 Å². The Labute approximate surface area is 266 Å². The molecule has 1 aromatic carbocycles. The highest BCUT2D eigenvalue weighted by atomic mass is 16.3. The number of carbonyl (C=O) groups excluding carboxylic acids is 4. The summed E-state index contributed by atoms with van der Waals surface area (Å²) in [5, 5.41) is 31.7. The molecule has 0 aromatic heterocycles. The van der Waals surface area contributed by atoms with Crippen LogP contribution in [-0.2, 0) is 25.6 Å². The Kier molecular flexibility index (Phi) is 20.6. The number of phenols is 2. The zero-order valence-corrected chi connectivity index (χ0v) is 26.6. The van der Waals surface area contributed by atoms with E-state index in [4.69, 9.17) is 17.2 Å². The normalized spacial score (nSPS) is 12.8. The zero-order valence-electron chi connectivity index (χ0n) is 26.6. The molecule has 0 fully saturated rings. The molecular formula is C31H54N8O6. The number of Topliss-reactive ketones (excluding diaryl/α,β-unsaturated/α-hetero) is 1. The molecule has 14 nitrogen and oxygen atoms in total. The summed E-state index contributed by atoms with van der Waals surface area (Å²) in [5.74, 6) is -2.19. The molecule has 14 heteroatoms. The predicted molar refractivity (Wildman–Crippen MR) is 175 cm³/mol. The van der Waals surface area contributed by atoms with Gasteiger partial charge in [0.05, 0.1) is 17.8 Å². The van der Waals surface area contributed by atoms with E-state index < -0.39 is 23.8 Å². The van der Waals surface area contributed by atoms with E-state index in [2.05, 4.69) is 26.3 Å². The molecule has 2 atom stereocenters. The van der Waals surface area contributed by atoms with Crippen LogP contribution in [0.3, 0.4) is 0 Å². The minimum atomic E-state index is -0.872. The highest BCUT2D eigenvalue weighted by Gasteiger charge is 2.24. The van der Waals surface area contributed by atoms with Crippen molar-refractivity contribution in [1.82, 2.24) is 21.3 Å². The summed E-state index contributed by atoms with van der Waals surface area (Å²) in [7, 11) is 0. The van der Waals surface area contributed by atoms with Crippen molar-refractivity contribution in [2.45, 2.75) is 77.2 Å². The minimum Gasteiger partial charge on any atom is -0.508 e. The molecule has 0 saturated heterocycles. The number of unbranched alkanes of at least 4 members (excludes halogenated alkanes) is 2. The lowest BCUT2D eigenvalue weighted by atomic mass is 9.94. The molecule has 0 aliphatic heterocycles. The van der Waals surface area contributed by atoms with Crippen LogP contribution in [0.4, 0.5) is 0 Å². The van der Waals surface area contributed by atoms with Crippen molar-refractivity contribution in [2.75, 3.05) is 45.8 Å². The Morgan fingerprint density at radius 2 is 1.40 bits per heavy atom. The number of phenolic OH excluding ortho intramolecular Hbond substituents is 2. The van der Waals surface area contributed by atoms with Gasteiger partial charge >= 0.3 is 0 Å². The monoisotopic (exact) mass is 634 g/mol. The zero-order chi connectivity index (χ0) is 33.5. The molecule has 12 N–H and O–H groups in total. The van der Waals surface area contributed by atoms with Gasteiger partial charge in [-0.15, -0.1) is 0 Å². The first-order valence-electron chi connectivity index (χ1n) is 15.8. The molecule has 1 rings (SSSR count). The lowest BCUT2D eigenvalue weighted by Gasteiger charge is -2.15. The second-order valence-electron chi connectivity index (χ2n) is 11.2. The standard InChI is InChI=1S/C31H54N8O6/c1-22(32)37-16-5-8-27(33)31(45)39-17-7-14-36-13-6-12-35-11-3-2-4-15-38-30(44)24(20-29(34)43)19-26(41)18-23-9-10-25(40)21-28(23)42/h9-10,21,24,27,35-36,40,42H,2-8,11-20,33H2,1H3,(H2,32,37)(H2,34,43)(H,38,44)(H,39,45)/t24-,27-/m0/s1. The van der Waals surface area contributed by atoms with Crippen molar-refractivity contribution in [3.05, 3.63) is 23.8 Å². The molecule has 0 saturated carbocycles. The van der Waals surface area contributed by atoms with E-state index in [1.165, 1.54) is 12.1 Å². The first-order chi connectivity index (χ1) is 21.5. The van der Waals surface area contributed by atoms with Gasteiger partial charge in [-0.3, -0.25) is 24.2 Å². The first kappa shape index (κ1) is 39.3. The number of nitrogens with zero attached hydrogens (tertiary/aromatic N) is 1. The molecule has 0 bridgehead atoms. The van der Waals surface area contributed by atoms with Crippen molar-refractivity contribution >= 4 is 29.3 Å². The number of rotatable bonds is 26. The number of carbonyl (C=O) groups is 4. The topological polar surface area (TPSA) is 247 Å². The highest BCUT2D eigenvalue weighted by Crippen LogP contribution is 2.24. The van der Waals surface area contributed by atoms with E-state index in [9.17, 15) is 29.4 Å². The second-order valence-corrected chi connectivity index (χ2v) is 11.2. The predicted octanol–water partition coefficient (Wildman–Crippen LogP) is -0.0622. The SMILES string of the molecule is CC(N)=NCCC[C@H](N)C(=O)NCCCNCCCNCCCCCNC(=O)[C@H](CC(N)=O)CC(=O)Cc1ccc(O)cc1O. The maximum absolute atomic E-state index is 12.6. The van der Waals surface area contributed by atoms with Crippen molar-refractivity contribution in [3.8, 4) is 11.5 Å². The van der Waals surface area contributed by atoms with Crippen LogP contribution in [0.1, 0.15) is 70.3 Å². The molecular weight excluding hydrogens is 580 g/mol. The number of aliphatic imine (C=N–C) groups is 1. The summed E-state index contributed by atoms with van der Waals surface area (Å²) in [4.78, 5) is 52.7. The molecule has 0 radical (unpaired) electrons. The maximum atomic E-state index is 12.6. The lowest BCUT2D eigenvalue weighted by Crippen LogP contribution is -2.41. The van der Waals surface area contributed by atoms with Gasteiger partial charge in [-0.05, 0) is 77.7 Å². The van der Waals surface area contributed by atoms with Gasteiger partial charge in [0.25, 0.3) is 0 Å². The Balaban J connectivity index is 2.05. The Morgan fingerprint density at radius 3 is 2.04 bits per heavy atom. The van der Waals surface area contributed by atoms with Crippen LogP contribution in [0, 0.1) is 5.92 Å². The van der Waals surface area contributed by atoms with Gasteiger partial charge < -0.3 is 48.7 Å². The van der Waals surface area contributed by atoms with Crippen molar-refractivity contribution < 1.29 is 29.4 Å². The molecule has 1 aromatic rings. The van der Waals surface area contributed by atoms with Gasteiger partial charge in [-0.25, -0.2) is 0 Å². The third-order valence-corrected chi connectivity index (χ3v) is 6.99. The summed E-state index contributed by atoms with van der Waals surface area (Å²) in [6, 6.07) is 3.41. The van der Waals surface area contributed by atoms with E-state index in [1.807, 2.05) is 0 Å². The number of ketones is 1. The van der Waals surface area contributed by atoms with Crippen molar-refractivity contribution in [1.29, 1.82) is 0 Å². The molecule has 254 valence electrons. The number of benzene rings is 1. The smallest absolute Gasteiger partial charge is 0.236 e. The average Bonchev–Trinajstić information content (AvgIpc) is 2.97. The quantitative estimate of drug-likeness (QED) is 0.0373. The fourth-order valence-corrected chi connectivity index (χ4v) is 4.51. The van der Waals surface area contributed by atoms with Crippen LogP contribution < -0.4 is 38.5 Å². The van der Waals surface area contributed by atoms with Gasteiger partial charge in [0, 0.05) is 50.5 Å². The second kappa shape index (κ2) is 23.6. The summed E-state index contributed by atoms with van der Waals surface area (Å²) in [6.07, 6.45) is 5.17. The van der Waals surface area contributed by atoms with Crippen LogP contribution in [0.15, 0.2) is 23.2 Å². The maximum Gasteiger partial charge on any atom is 0.236 e. The molecule has 3 amide bonds. The van der Waals surface area contributed by atoms with E-state index in [0.717, 1.165) is 70.8 Å². The van der Waals surface area contributed by atoms with Crippen LogP contribution in [-0.4, -0.2) is 91.4 Å². The van der Waals surface area contributed by atoms with Crippen LogP contribution in [0.2, 0.25) is 0 Å². The number of hydrogen-bond donors (Lipinski definition) is 9. The molecule has 0 aliphatic carbocycles. The van der Waals surface area contributed by atoms with Gasteiger partial charge in [0.1, 0.15) is 17.3 Å². The molecule has 0 aliphatic rings. The summed E-state index contributed by atoms with van der Waals surface area (Å²) in [5.41, 5.74) is 17.0. The van der Waals surface area contributed by atoms with Gasteiger partial charge in [-0.1, -0.05) is 12.5 Å². The molecule has 0 spiro atoms. The Bertz CT molecular complexity index is 1080. The van der Waals surface area contributed by atoms with Gasteiger partial charge in [0.2, 0.25) is 17.7 Å². The fraction of sp³-hybridized carbons (Fsp3) is 0.645. The van der Waals surface area contributed by atoms with E-state index in [-0.39, 0.29) is 42.5 Å². The minimum absolute atomic E-state index is 0.121. The van der Waals surface area contributed by atoms with Gasteiger partial charge in [0.15, 0.2) is 0 Å². The van der Waals surface area contributed by atoms with Crippen LogP contribution in [0.5, 0.6) is 11.5 Å². The Hall–Kier alpha value is -3.75. The van der Waals surface area contributed by atoms with Crippen molar-refractivity contribution in [2.24, 2.45) is 28.1 Å². The number of amidine groups is 1. The number of hydrogen-bond acceptors (Lipinski definition) is 10. The number of amides is 3. The van der Waals surface area contributed by atoms with Crippen LogP contribution in [0.25, 0.3) is 0 Å². The number of nitrogens with two attached hydrogens (primary N) is 3. The lowest BCUT2D eigenvalue weighted by molar-refractivity contribution is -0.132. The van der Waals surface area contributed by atoms with E-state index in [1.54, 1.807) is 6.92 Å². The first-order valence-corrected chi connectivity index (χ1v) is 15.8. The van der Waals surface area contributed by atoms with Crippen molar-refractivity contribution in [3.63, 3.8) is 0 Å².